The van der Waals surface area contributed by atoms with Gasteiger partial charge in [-0.15, -0.1) is 0 Å². The summed E-state index contributed by atoms with van der Waals surface area (Å²) in [5.41, 5.74) is 0. The molecule has 0 heterocycles. The van der Waals surface area contributed by atoms with Crippen LogP contribution < -0.4 is 0 Å². The average molecular weight is 302 g/mol. The molecular weight excluding hydrogens is 279 g/mol. The highest BCUT2D eigenvalue weighted by atomic mass is 32.2. The van der Waals surface area contributed by atoms with Gasteiger partial charge in [0.15, 0.2) is 14.5 Å². The second kappa shape index (κ2) is 5.97. The first-order valence-corrected chi connectivity index (χ1v) is 12.7. The number of hydrogen-bond acceptors (Lipinski definition) is 5. The predicted octanol–water partition coefficient (Wildman–Crippen LogP) is 2.50. The van der Waals surface area contributed by atoms with Crippen molar-refractivity contribution in [2.75, 3.05) is 19.5 Å². The number of hydrogen-bond donors (Lipinski definition) is 0. The van der Waals surface area contributed by atoms with Crippen LogP contribution in [0.3, 0.4) is 0 Å². The van der Waals surface area contributed by atoms with E-state index in [1.807, 2.05) is 19.6 Å². The van der Waals surface area contributed by atoms with Gasteiger partial charge in [0.05, 0.1) is 21.3 Å². The Morgan fingerprint density at radius 1 is 1.12 bits per heavy atom. The van der Waals surface area contributed by atoms with E-state index in [2.05, 4.69) is 0 Å². The molecule has 17 heavy (non-hydrogen) atoms. The van der Waals surface area contributed by atoms with E-state index in [4.69, 9.17) is 9.05 Å². The predicted molar refractivity (Wildman–Crippen MR) is 72.8 cm³/mol. The Hall–Kier alpha value is 0.317. The van der Waals surface area contributed by atoms with Gasteiger partial charge in [0, 0.05) is 6.26 Å². The molecular formula is C9H23O5PSSi. The van der Waals surface area contributed by atoms with Crippen molar-refractivity contribution in [2.45, 2.75) is 38.1 Å². The third kappa shape index (κ3) is 4.83. The van der Waals surface area contributed by atoms with Gasteiger partial charge in [0.25, 0.3) is 0 Å². The SMILES string of the molecule is CCOP(=O)(OCC)C([Si](C)(C)C)S(C)(=O)=O. The summed E-state index contributed by atoms with van der Waals surface area (Å²) in [6.07, 6.45) is 1.10. The van der Waals surface area contributed by atoms with Crippen molar-refractivity contribution >= 4 is 25.5 Å². The molecule has 0 saturated heterocycles. The summed E-state index contributed by atoms with van der Waals surface area (Å²) in [5.74, 6) is 0. The van der Waals surface area contributed by atoms with Crippen LogP contribution >= 0.6 is 7.60 Å². The van der Waals surface area contributed by atoms with Gasteiger partial charge in [0.1, 0.15) is 0 Å². The highest BCUT2D eigenvalue weighted by Gasteiger charge is 2.50. The molecule has 0 aliphatic heterocycles. The lowest BCUT2D eigenvalue weighted by Crippen LogP contribution is -2.44. The lowest BCUT2D eigenvalue weighted by Gasteiger charge is -2.32. The molecule has 0 rings (SSSR count). The fraction of sp³-hybridized carbons (Fsp3) is 1.00. The zero-order valence-corrected chi connectivity index (χ0v) is 14.1. The van der Waals surface area contributed by atoms with Gasteiger partial charge in [-0.1, -0.05) is 19.6 Å². The van der Waals surface area contributed by atoms with E-state index < -0.39 is 30.1 Å². The summed E-state index contributed by atoms with van der Waals surface area (Å²) in [6, 6.07) is 0. The Labute approximate surface area is 105 Å². The molecule has 0 aromatic heterocycles. The molecule has 0 aromatic rings. The van der Waals surface area contributed by atoms with Crippen LogP contribution in [0.4, 0.5) is 0 Å². The Bertz CT molecular complexity index is 377. The lowest BCUT2D eigenvalue weighted by molar-refractivity contribution is 0.221. The van der Waals surface area contributed by atoms with Gasteiger partial charge in [0.2, 0.25) is 0 Å². The van der Waals surface area contributed by atoms with Crippen molar-refractivity contribution in [1.29, 1.82) is 0 Å². The van der Waals surface area contributed by atoms with E-state index >= 15 is 0 Å². The Morgan fingerprint density at radius 3 is 1.65 bits per heavy atom. The van der Waals surface area contributed by atoms with E-state index in [1.165, 1.54) is 0 Å². The summed E-state index contributed by atoms with van der Waals surface area (Å²) in [5, 5.41) is 0. The molecule has 0 N–H and O–H groups in total. The summed E-state index contributed by atoms with van der Waals surface area (Å²) in [6.45, 7) is 9.25. The van der Waals surface area contributed by atoms with Crippen LogP contribution in [-0.4, -0.2) is 40.6 Å². The summed E-state index contributed by atoms with van der Waals surface area (Å²) >= 11 is 0. The first-order chi connectivity index (χ1) is 7.49. The van der Waals surface area contributed by atoms with E-state index in [-0.39, 0.29) is 13.2 Å². The smallest absolute Gasteiger partial charge is 0.308 e. The first kappa shape index (κ1) is 17.3. The van der Waals surface area contributed by atoms with Crippen molar-refractivity contribution in [3.8, 4) is 0 Å². The van der Waals surface area contributed by atoms with Crippen molar-refractivity contribution in [2.24, 2.45) is 0 Å². The Balaban J connectivity index is 5.64. The molecule has 0 aromatic carbocycles. The zero-order chi connectivity index (χ0) is 13.9. The molecule has 0 aliphatic rings. The molecule has 0 bridgehead atoms. The molecule has 0 aliphatic carbocycles. The first-order valence-electron chi connectivity index (χ1n) is 5.56. The van der Waals surface area contributed by atoms with Crippen molar-refractivity contribution < 1.29 is 22.0 Å². The van der Waals surface area contributed by atoms with Crippen LogP contribution in [0.1, 0.15) is 13.8 Å². The number of sulfone groups is 1. The number of rotatable bonds is 7. The van der Waals surface area contributed by atoms with E-state index in [9.17, 15) is 13.0 Å². The van der Waals surface area contributed by atoms with Crippen molar-refractivity contribution in [1.82, 2.24) is 0 Å². The van der Waals surface area contributed by atoms with Gasteiger partial charge >= 0.3 is 7.60 Å². The van der Waals surface area contributed by atoms with Crippen LogP contribution in [0, 0.1) is 0 Å². The maximum atomic E-state index is 12.6. The normalized spacial score (nSPS) is 15.9. The highest BCUT2D eigenvalue weighted by molar-refractivity contribution is 8.00. The van der Waals surface area contributed by atoms with Gasteiger partial charge < -0.3 is 9.05 Å². The summed E-state index contributed by atoms with van der Waals surface area (Å²) in [7, 11) is -9.31. The monoisotopic (exact) mass is 302 g/mol. The van der Waals surface area contributed by atoms with Gasteiger partial charge in [-0.3, -0.25) is 4.57 Å². The van der Waals surface area contributed by atoms with Crippen LogP contribution in [0.25, 0.3) is 0 Å². The molecule has 0 fully saturated rings. The molecule has 0 amide bonds. The molecule has 104 valence electrons. The minimum Gasteiger partial charge on any atom is -0.308 e. The summed E-state index contributed by atoms with van der Waals surface area (Å²) < 4.78 is 45.7. The second-order valence-corrected chi connectivity index (χ2v) is 15.7. The molecule has 1 unspecified atom stereocenters. The third-order valence-electron chi connectivity index (χ3n) is 2.05. The van der Waals surface area contributed by atoms with E-state index in [0.29, 0.717) is 0 Å². The largest absolute Gasteiger partial charge is 0.345 e. The topological polar surface area (TPSA) is 69.7 Å². The standard InChI is InChI=1S/C9H23O5PSSi/c1-7-13-15(10,14-8-2)9(16(3,11)12)17(4,5)6/h9H,7-8H2,1-6H3. The van der Waals surface area contributed by atoms with Gasteiger partial charge in [-0.25, -0.2) is 8.42 Å². The minimum atomic E-state index is -3.60. The molecule has 5 nitrogen and oxygen atoms in total. The van der Waals surface area contributed by atoms with Crippen LogP contribution in [0.15, 0.2) is 0 Å². The summed E-state index contributed by atoms with van der Waals surface area (Å²) in [4.78, 5) is 0. The molecule has 0 saturated carbocycles. The maximum Gasteiger partial charge on any atom is 0.345 e. The molecule has 8 heteroatoms. The third-order valence-corrected chi connectivity index (χ3v) is 14.8. The second-order valence-electron chi connectivity index (χ2n) is 4.92. The van der Waals surface area contributed by atoms with Crippen LogP contribution in [-0.2, 0) is 23.4 Å². The molecule has 0 radical (unpaired) electrons. The fourth-order valence-corrected chi connectivity index (χ4v) is 14.6. The Kier molecular flexibility index (Phi) is 6.08. The van der Waals surface area contributed by atoms with Crippen molar-refractivity contribution in [3.05, 3.63) is 0 Å². The Morgan fingerprint density at radius 2 is 1.47 bits per heavy atom. The quantitative estimate of drug-likeness (QED) is 0.534. The fourth-order valence-electron chi connectivity index (χ4n) is 1.88. The maximum absolute atomic E-state index is 12.6. The molecule has 0 spiro atoms. The van der Waals surface area contributed by atoms with Crippen LogP contribution in [0.2, 0.25) is 19.6 Å². The van der Waals surface area contributed by atoms with Gasteiger partial charge in [-0.05, 0) is 13.8 Å². The minimum absolute atomic E-state index is 0.174. The average Bonchev–Trinajstić information content (AvgIpc) is 1.97. The highest BCUT2D eigenvalue weighted by Crippen LogP contribution is 2.57. The lowest BCUT2D eigenvalue weighted by atomic mass is 10.9. The van der Waals surface area contributed by atoms with Gasteiger partial charge in [-0.2, -0.15) is 0 Å². The van der Waals surface area contributed by atoms with E-state index in [1.54, 1.807) is 13.8 Å². The van der Waals surface area contributed by atoms with E-state index in [0.717, 1.165) is 6.26 Å². The molecule has 1 atom stereocenters. The zero-order valence-electron chi connectivity index (χ0n) is 11.4. The van der Waals surface area contributed by atoms with Crippen LogP contribution in [0.5, 0.6) is 0 Å². The van der Waals surface area contributed by atoms with Crippen molar-refractivity contribution in [3.63, 3.8) is 0 Å².